The Kier molecular flexibility index (Phi) is 1.19. The number of hydrogen-bond acceptors (Lipinski definition) is 2. The Morgan fingerprint density at radius 2 is 2.50 bits per heavy atom. The zero-order chi connectivity index (χ0) is 7.14. The molecule has 0 radical (unpaired) electrons. The second-order valence-electron chi connectivity index (χ2n) is 2.06. The molecule has 1 N–H and O–H groups in total. The summed E-state index contributed by atoms with van der Waals surface area (Å²) in [6, 6.07) is 0. The summed E-state index contributed by atoms with van der Waals surface area (Å²) in [5.74, 6) is 0. The number of aromatic amines is 1. The maximum Gasteiger partial charge on any atom is 0.134 e. The summed E-state index contributed by atoms with van der Waals surface area (Å²) < 4.78 is 1.78. The van der Waals surface area contributed by atoms with E-state index in [0.717, 1.165) is 16.7 Å². The largest absolute Gasteiger partial charge is 0.283 e. The number of H-pyrrole nitrogens is 1. The molecule has 0 aliphatic heterocycles. The molecule has 0 aliphatic rings. The van der Waals surface area contributed by atoms with Gasteiger partial charge in [0.15, 0.2) is 0 Å². The van der Waals surface area contributed by atoms with E-state index in [1.807, 2.05) is 13.1 Å². The van der Waals surface area contributed by atoms with Gasteiger partial charge in [-0.05, 0) is 6.92 Å². The number of nitrogens with one attached hydrogen (secondary N) is 1. The first-order chi connectivity index (χ1) is 4.79. The lowest BCUT2D eigenvalue weighted by molar-refractivity contribution is 1.02. The normalized spacial score (nSPS) is 11.0. The highest BCUT2D eigenvalue weighted by atomic mass is 127. The van der Waals surface area contributed by atoms with Crippen molar-refractivity contribution in [3.8, 4) is 0 Å². The summed E-state index contributed by atoms with van der Waals surface area (Å²) >= 11 is 2.12. The van der Waals surface area contributed by atoms with Crippen molar-refractivity contribution in [1.29, 1.82) is 0 Å². The van der Waals surface area contributed by atoms with Gasteiger partial charge in [-0.15, -0.1) is 0 Å². The van der Waals surface area contributed by atoms with E-state index in [4.69, 9.17) is 0 Å². The van der Waals surface area contributed by atoms with Crippen LogP contribution in [0.3, 0.4) is 0 Å². The van der Waals surface area contributed by atoms with Crippen LogP contribution in [-0.2, 0) is 0 Å². The van der Waals surface area contributed by atoms with Crippen LogP contribution in [0.5, 0.6) is 0 Å². The predicted molar refractivity (Wildman–Crippen MR) is 46.0 cm³/mol. The molecule has 0 spiro atoms. The third kappa shape index (κ3) is 0.664. The molecule has 4 nitrogen and oxygen atoms in total. The molecule has 5 heteroatoms. The maximum absolute atomic E-state index is 4.17. The highest BCUT2D eigenvalue weighted by molar-refractivity contribution is 14.1. The number of aryl methyl sites for hydroxylation is 1. The van der Waals surface area contributed by atoms with Crippen LogP contribution in [0.1, 0.15) is 5.69 Å². The highest BCUT2D eigenvalue weighted by Gasteiger charge is 2.05. The molecule has 2 aromatic heterocycles. The van der Waals surface area contributed by atoms with Gasteiger partial charge in [0, 0.05) is 6.20 Å². The molecule has 0 unspecified atom stereocenters. The molecule has 0 bridgehead atoms. The maximum atomic E-state index is 4.17. The lowest BCUT2D eigenvalue weighted by atomic mass is 10.4. The fourth-order valence-corrected chi connectivity index (χ4v) is 1.61. The minimum Gasteiger partial charge on any atom is -0.283 e. The topological polar surface area (TPSA) is 46.5 Å². The number of fused-ring (bicyclic) bond motifs is 1. The van der Waals surface area contributed by atoms with Gasteiger partial charge in [-0.2, -0.15) is 10.2 Å². The quantitative estimate of drug-likeness (QED) is 0.713. The summed E-state index contributed by atoms with van der Waals surface area (Å²) in [6.07, 6.45) is 1.84. The van der Waals surface area contributed by atoms with Crippen molar-refractivity contribution in [2.75, 3.05) is 0 Å². The molecule has 0 amide bonds. The van der Waals surface area contributed by atoms with Gasteiger partial charge in [0.2, 0.25) is 0 Å². The van der Waals surface area contributed by atoms with Gasteiger partial charge in [-0.3, -0.25) is 5.10 Å². The highest BCUT2D eigenvalue weighted by Crippen LogP contribution is 2.15. The first-order valence-electron chi connectivity index (χ1n) is 2.84. The molecule has 0 atom stereocenters. The summed E-state index contributed by atoms with van der Waals surface area (Å²) in [5.41, 5.74) is 2.96. The van der Waals surface area contributed by atoms with Crippen molar-refractivity contribution in [2.24, 2.45) is 0 Å². The molecule has 0 saturated carbocycles. The second-order valence-corrected chi connectivity index (χ2v) is 2.98. The van der Waals surface area contributed by atoms with E-state index in [2.05, 4.69) is 38.2 Å². The van der Waals surface area contributed by atoms with Gasteiger partial charge in [-0.1, -0.05) is 0 Å². The Morgan fingerprint density at radius 1 is 1.70 bits per heavy atom. The standard InChI is InChI=1S/C5H5IN4/c1-3-5-4(2-7-8-5)10(6)9-3/h2H,1H3,(H,7,8). The van der Waals surface area contributed by atoms with Crippen LogP contribution in [0.2, 0.25) is 0 Å². The third-order valence-corrected chi connectivity index (χ3v) is 2.14. The van der Waals surface area contributed by atoms with Crippen molar-refractivity contribution < 1.29 is 0 Å². The SMILES string of the molecule is Cc1nn(I)c2c[nH]nc12. The monoisotopic (exact) mass is 248 g/mol. The number of halogens is 1. The van der Waals surface area contributed by atoms with E-state index in [-0.39, 0.29) is 0 Å². The van der Waals surface area contributed by atoms with Crippen LogP contribution in [-0.4, -0.2) is 18.2 Å². The summed E-state index contributed by atoms with van der Waals surface area (Å²) in [6.45, 7) is 1.94. The second kappa shape index (κ2) is 1.94. The van der Waals surface area contributed by atoms with E-state index >= 15 is 0 Å². The Labute approximate surface area is 71.1 Å². The minimum atomic E-state index is 0.953. The molecule has 0 aliphatic carbocycles. The van der Waals surface area contributed by atoms with E-state index in [0.29, 0.717) is 0 Å². The van der Waals surface area contributed by atoms with Gasteiger partial charge in [0.05, 0.1) is 28.6 Å². The van der Waals surface area contributed by atoms with Crippen LogP contribution < -0.4 is 0 Å². The smallest absolute Gasteiger partial charge is 0.134 e. The minimum absolute atomic E-state index is 0.953. The average molecular weight is 248 g/mol. The third-order valence-electron chi connectivity index (χ3n) is 1.40. The van der Waals surface area contributed by atoms with Crippen LogP contribution in [0.15, 0.2) is 6.20 Å². The van der Waals surface area contributed by atoms with E-state index in [9.17, 15) is 0 Å². The van der Waals surface area contributed by atoms with Crippen molar-refractivity contribution in [3.05, 3.63) is 11.9 Å². The van der Waals surface area contributed by atoms with E-state index < -0.39 is 0 Å². The van der Waals surface area contributed by atoms with Crippen molar-refractivity contribution >= 4 is 33.9 Å². The predicted octanol–water partition coefficient (Wildman–Crippen LogP) is 1.27. The lowest BCUT2D eigenvalue weighted by Crippen LogP contribution is -1.80. The van der Waals surface area contributed by atoms with Crippen LogP contribution >= 0.6 is 22.9 Å². The molecule has 0 saturated heterocycles. The molecule has 0 aromatic carbocycles. The molecular formula is C5H5IN4. The molecule has 2 aromatic rings. The van der Waals surface area contributed by atoms with Crippen LogP contribution in [0, 0.1) is 6.92 Å². The van der Waals surface area contributed by atoms with E-state index in [1.54, 1.807) is 2.90 Å². The molecule has 52 valence electrons. The van der Waals surface area contributed by atoms with Crippen LogP contribution in [0.25, 0.3) is 11.0 Å². The van der Waals surface area contributed by atoms with Crippen molar-refractivity contribution in [3.63, 3.8) is 0 Å². The molecular weight excluding hydrogens is 243 g/mol. The Bertz CT molecular complexity index is 329. The molecule has 2 heterocycles. The average Bonchev–Trinajstić information content (AvgIpc) is 2.39. The number of hydrogen-bond donors (Lipinski definition) is 1. The van der Waals surface area contributed by atoms with Gasteiger partial charge in [-0.25, -0.2) is 2.90 Å². The lowest BCUT2D eigenvalue weighted by Gasteiger charge is -1.80. The summed E-state index contributed by atoms with van der Waals surface area (Å²) in [5, 5.41) is 11.0. The van der Waals surface area contributed by atoms with Crippen LogP contribution in [0.4, 0.5) is 0 Å². The first-order valence-corrected chi connectivity index (χ1v) is 3.81. The zero-order valence-electron chi connectivity index (χ0n) is 5.30. The number of aromatic nitrogens is 4. The Hall–Kier alpha value is -0.590. The number of nitrogens with zero attached hydrogens (tertiary/aromatic N) is 3. The summed E-state index contributed by atoms with van der Waals surface area (Å²) in [7, 11) is 0. The fraction of sp³-hybridized carbons (Fsp3) is 0.200. The zero-order valence-corrected chi connectivity index (χ0v) is 7.45. The molecule has 2 rings (SSSR count). The molecule has 0 fully saturated rings. The first kappa shape index (κ1) is 6.14. The van der Waals surface area contributed by atoms with Gasteiger partial charge >= 0.3 is 0 Å². The summed E-state index contributed by atoms with van der Waals surface area (Å²) in [4.78, 5) is 0. The fourth-order valence-electron chi connectivity index (χ4n) is 0.923. The molecule has 10 heavy (non-hydrogen) atoms. The van der Waals surface area contributed by atoms with Crippen molar-refractivity contribution in [1.82, 2.24) is 18.2 Å². The van der Waals surface area contributed by atoms with Gasteiger partial charge in [0.1, 0.15) is 11.0 Å². The Balaban J connectivity index is 2.98. The van der Waals surface area contributed by atoms with E-state index in [1.165, 1.54) is 0 Å². The van der Waals surface area contributed by atoms with Crippen molar-refractivity contribution in [2.45, 2.75) is 6.92 Å². The van der Waals surface area contributed by atoms with Gasteiger partial charge in [0.25, 0.3) is 0 Å². The number of rotatable bonds is 0. The Morgan fingerprint density at radius 3 is 3.20 bits per heavy atom. The van der Waals surface area contributed by atoms with Gasteiger partial charge < -0.3 is 0 Å².